The van der Waals surface area contributed by atoms with Crippen LogP contribution in [0.5, 0.6) is 5.75 Å². The number of hydrogen-bond donors (Lipinski definition) is 0. The highest BCUT2D eigenvalue weighted by Crippen LogP contribution is 2.21. The van der Waals surface area contributed by atoms with Gasteiger partial charge >= 0.3 is 5.97 Å². The molecule has 2 aromatic rings. The number of carbonyl (C=O) groups excluding carboxylic acids is 1. The van der Waals surface area contributed by atoms with Crippen molar-refractivity contribution in [3.8, 4) is 5.75 Å². The summed E-state index contributed by atoms with van der Waals surface area (Å²) in [7, 11) is 1.57. The van der Waals surface area contributed by atoms with Crippen LogP contribution in [0.2, 0.25) is 0 Å². The van der Waals surface area contributed by atoms with Gasteiger partial charge in [-0.1, -0.05) is 6.07 Å². The van der Waals surface area contributed by atoms with E-state index < -0.39 is 0 Å². The average molecular weight is 263 g/mol. The molecule has 0 spiro atoms. The summed E-state index contributed by atoms with van der Waals surface area (Å²) in [5.41, 5.74) is 1.05. The van der Waals surface area contributed by atoms with Crippen molar-refractivity contribution < 1.29 is 14.3 Å². The van der Waals surface area contributed by atoms with E-state index in [0.717, 1.165) is 5.56 Å². The van der Waals surface area contributed by atoms with Crippen molar-refractivity contribution in [2.45, 2.75) is 6.42 Å². The predicted molar refractivity (Wildman–Crippen MR) is 69.1 cm³/mol. The predicted octanol–water partition coefficient (Wildman–Crippen LogP) is 2.55. The van der Waals surface area contributed by atoms with Gasteiger partial charge in [0, 0.05) is 30.3 Å². The molecule has 0 radical (unpaired) electrons. The second-order valence-corrected chi connectivity index (χ2v) is 4.51. The molecule has 0 aromatic carbocycles. The molecule has 0 atom stereocenters. The molecule has 0 aliphatic rings. The zero-order chi connectivity index (χ0) is 12.8. The molecule has 0 aliphatic carbocycles. The van der Waals surface area contributed by atoms with Crippen molar-refractivity contribution in [3.63, 3.8) is 0 Å². The lowest BCUT2D eigenvalue weighted by Crippen LogP contribution is -2.06. The number of hydrogen-bond acceptors (Lipinski definition) is 5. The van der Waals surface area contributed by atoms with Crippen molar-refractivity contribution >= 4 is 17.3 Å². The van der Waals surface area contributed by atoms with Crippen LogP contribution in [0.3, 0.4) is 0 Å². The monoisotopic (exact) mass is 263 g/mol. The number of ether oxygens (including phenoxy) is 2. The SMILES string of the molecule is COc1csc(C(=O)OCCc2cccnc2)c1. The Balaban J connectivity index is 1.81. The van der Waals surface area contributed by atoms with E-state index in [1.807, 2.05) is 12.1 Å². The Hall–Kier alpha value is -1.88. The summed E-state index contributed by atoms with van der Waals surface area (Å²) in [5, 5.41) is 1.78. The maximum Gasteiger partial charge on any atom is 0.348 e. The van der Waals surface area contributed by atoms with Crippen LogP contribution in [0, 0.1) is 0 Å². The van der Waals surface area contributed by atoms with Gasteiger partial charge in [0.05, 0.1) is 13.7 Å². The van der Waals surface area contributed by atoms with Gasteiger partial charge in [0.15, 0.2) is 0 Å². The van der Waals surface area contributed by atoms with E-state index in [2.05, 4.69) is 4.98 Å². The highest BCUT2D eigenvalue weighted by Gasteiger charge is 2.10. The van der Waals surface area contributed by atoms with Crippen LogP contribution in [-0.4, -0.2) is 24.7 Å². The standard InChI is InChI=1S/C13H13NO3S/c1-16-11-7-12(18-9-11)13(15)17-6-4-10-3-2-5-14-8-10/h2-3,5,7-9H,4,6H2,1H3. The van der Waals surface area contributed by atoms with Crippen molar-refractivity contribution in [1.29, 1.82) is 0 Å². The van der Waals surface area contributed by atoms with E-state index in [-0.39, 0.29) is 5.97 Å². The molecule has 18 heavy (non-hydrogen) atoms. The third kappa shape index (κ3) is 3.30. The number of methoxy groups -OCH3 is 1. The van der Waals surface area contributed by atoms with E-state index in [9.17, 15) is 4.79 Å². The third-order valence-corrected chi connectivity index (χ3v) is 3.25. The highest BCUT2D eigenvalue weighted by molar-refractivity contribution is 7.12. The van der Waals surface area contributed by atoms with Gasteiger partial charge in [-0.25, -0.2) is 4.79 Å². The van der Waals surface area contributed by atoms with Gasteiger partial charge in [0.25, 0.3) is 0 Å². The highest BCUT2D eigenvalue weighted by atomic mass is 32.1. The number of nitrogens with zero attached hydrogens (tertiary/aromatic N) is 1. The number of carbonyl (C=O) groups is 1. The molecule has 4 nitrogen and oxygen atoms in total. The molecule has 0 N–H and O–H groups in total. The first-order chi connectivity index (χ1) is 8.79. The van der Waals surface area contributed by atoms with Gasteiger partial charge in [0.1, 0.15) is 10.6 Å². The first-order valence-electron chi connectivity index (χ1n) is 5.48. The van der Waals surface area contributed by atoms with Crippen molar-refractivity contribution in [2.24, 2.45) is 0 Å². The van der Waals surface area contributed by atoms with Gasteiger partial charge < -0.3 is 9.47 Å². The number of thiophene rings is 1. The molecule has 0 saturated carbocycles. The maximum atomic E-state index is 11.7. The Morgan fingerprint density at radius 1 is 1.50 bits per heavy atom. The quantitative estimate of drug-likeness (QED) is 0.778. The molecule has 0 amide bonds. The zero-order valence-corrected chi connectivity index (χ0v) is 10.8. The molecule has 2 rings (SSSR count). The minimum absolute atomic E-state index is 0.313. The summed E-state index contributed by atoms with van der Waals surface area (Å²) in [4.78, 5) is 16.2. The fourth-order valence-electron chi connectivity index (χ4n) is 1.41. The summed E-state index contributed by atoms with van der Waals surface area (Å²) in [6, 6.07) is 5.49. The van der Waals surface area contributed by atoms with Gasteiger partial charge in [-0.2, -0.15) is 0 Å². The average Bonchev–Trinajstić information content (AvgIpc) is 2.89. The van der Waals surface area contributed by atoms with Gasteiger partial charge in [0.2, 0.25) is 0 Å². The molecular weight excluding hydrogens is 250 g/mol. The summed E-state index contributed by atoms with van der Waals surface area (Å²) in [5.74, 6) is 0.367. The minimum atomic E-state index is -0.313. The van der Waals surface area contributed by atoms with Crippen LogP contribution in [0.1, 0.15) is 15.2 Å². The van der Waals surface area contributed by atoms with Crippen LogP contribution < -0.4 is 4.74 Å². The molecule has 5 heteroatoms. The lowest BCUT2D eigenvalue weighted by atomic mass is 10.2. The first kappa shape index (κ1) is 12.6. The van der Waals surface area contributed by atoms with Gasteiger partial charge in [-0.15, -0.1) is 11.3 Å². The first-order valence-corrected chi connectivity index (χ1v) is 6.36. The van der Waals surface area contributed by atoms with E-state index >= 15 is 0 Å². The smallest absolute Gasteiger partial charge is 0.348 e. The topological polar surface area (TPSA) is 48.4 Å². The Kier molecular flexibility index (Phi) is 4.30. The Bertz CT molecular complexity index is 510. The molecular formula is C13H13NO3S. The molecule has 2 aromatic heterocycles. The van der Waals surface area contributed by atoms with Crippen LogP contribution >= 0.6 is 11.3 Å². The van der Waals surface area contributed by atoms with E-state index in [0.29, 0.717) is 23.7 Å². The Labute approximate surface area is 109 Å². The molecule has 0 bridgehead atoms. The molecule has 94 valence electrons. The molecule has 2 heterocycles. The van der Waals surface area contributed by atoms with Gasteiger partial charge in [-0.3, -0.25) is 4.98 Å². The van der Waals surface area contributed by atoms with Crippen molar-refractivity contribution in [3.05, 3.63) is 46.4 Å². The molecule has 0 fully saturated rings. The summed E-state index contributed by atoms with van der Waals surface area (Å²) >= 11 is 1.32. The lowest BCUT2D eigenvalue weighted by molar-refractivity contribution is 0.0514. The molecule has 0 aliphatic heterocycles. The van der Waals surface area contributed by atoms with E-state index in [1.54, 1.807) is 30.9 Å². The number of esters is 1. The maximum absolute atomic E-state index is 11.7. The number of rotatable bonds is 5. The second-order valence-electron chi connectivity index (χ2n) is 3.60. The summed E-state index contributed by atoms with van der Waals surface area (Å²) < 4.78 is 10.2. The van der Waals surface area contributed by atoms with Crippen LogP contribution in [-0.2, 0) is 11.2 Å². The third-order valence-electron chi connectivity index (χ3n) is 2.36. The minimum Gasteiger partial charge on any atom is -0.496 e. The lowest BCUT2D eigenvalue weighted by Gasteiger charge is -2.02. The second kappa shape index (κ2) is 6.16. The summed E-state index contributed by atoms with van der Waals surface area (Å²) in [6.45, 7) is 0.352. The molecule has 0 saturated heterocycles. The number of aromatic nitrogens is 1. The van der Waals surface area contributed by atoms with E-state index in [1.165, 1.54) is 11.3 Å². The van der Waals surface area contributed by atoms with Crippen molar-refractivity contribution in [1.82, 2.24) is 4.98 Å². The van der Waals surface area contributed by atoms with Gasteiger partial charge in [-0.05, 0) is 11.6 Å². The number of pyridine rings is 1. The molecule has 0 unspecified atom stereocenters. The van der Waals surface area contributed by atoms with Crippen LogP contribution in [0.25, 0.3) is 0 Å². The van der Waals surface area contributed by atoms with Crippen molar-refractivity contribution in [2.75, 3.05) is 13.7 Å². The largest absolute Gasteiger partial charge is 0.496 e. The van der Waals surface area contributed by atoms with Crippen LogP contribution in [0.15, 0.2) is 36.0 Å². The normalized spacial score (nSPS) is 10.1. The fraction of sp³-hybridized carbons (Fsp3) is 0.231. The fourth-order valence-corrected chi connectivity index (χ4v) is 2.16. The Morgan fingerprint density at radius 2 is 2.39 bits per heavy atom. The summed E-state index contributed by atoms with van der Waals surface area (Å²) in [6.07, 6.45) is 4.15. The van der Waals surface area contributed by atoms with E-state index in [4.69, 9.17) is 9.47 Å². The van der Waals surface area contributed by atoms with Crippen LogP contribution in [0.4, 0.5) is 0 Å². The Morgan fingerprint density at radius 3 is 3.06 bits per heavy atom. The zero-order valence-electron chi connectivity index (χ0n) is 9.96.